The molecule has 2 atom stereocenters. The van der Waals surface area contributed by atoms with E-state index in [1.807, 2.05) is 30.1 Å². The number of benzene rings is 1. The summed E-state index contributed by atoms with van der Waals surface area (Å²) in [5.74, 6) is -2.04. The number of hydrogen-bond acceptors (Lipinski definition) is 5. The van der Waals surface area contributed by atoms with Crippen LogP contribution in [-0.2, 0) is 23.6 Å². The molecule has 0 fully saturated rings. The molecule has 1 aliphatic heterocycles. The number of fused-ring (bicyclic) bond motifs is 1. The molecule has 0 radical (unpaired) electrons. The Kier molecular flexibility index (Phi) is 10.2. The lowest BCUT2D eigenvalue weighted by Crippen LogP contribution is -2.35. The topological polar surface area (TPSA) is 64.4 Å². The van der Waals surface area contributed by atoms with Gasteiger partial charge in [0, 0.05) is 49.0 Å². The average Bonchev–Trinajstić information content (AvgIpc) is 3.28. The summed E-state index contributed by atoms with van der Waals surface area (Å²) in [6.45, 7) is 5.55. The minimum atomic E-state index is -1.62. The summed E-state index contributed by atoms with van der Waals surface area (Å²) in [6.07, 6.45) is 3.81. The lowest BCUT2D eigenvalue weighted by Gasteiger charge is -2.24. The van der Waals surface area contributed by atoms with E-state index in [0.29, 0.717) is 37.1 Å². The zero-order valence-corrected chi connectivity index (χ0v) is 25.4. The molecule has 0 aliphatic carbocycles. The van der Waals surface area contributed by atoms with Crippen LogP contribution in [0.3, 0.4) is 0 Å². The SMILES string of the molecule is CC/C=C(F)\C(Cc1c(C)c(-c2cccc(OC)c2F)c(=O)n2c1S(=O)CC2CN(C)CCc1ccccn1)=C(/C)F. The standard InChI is InChI=1S/C32H36F3N3O3S/c1-6-10-27(34)26(21(3)33)17-25-20(2)29(24-12-9-13-28(41-5)30(24)35)31(39)38-23(19-42(40)32(25)38)18-37(4)16-14-22-11-7-8-15-36-22/h7-13,15,23H,6,14,16-19H2,1-5H3/b26-21+,27-10+. The molecule has 10 heteroatoms. The molecule has 2 aromatic heterocycles. The summed E-state index contributed by atoms with van der Waals surface area (Å²) in [4.78, 5) is 20.6. The Morgan fingerprint density at radius 3 is 2.64 bits per heavy atom. The van der Waals surface area contributed by atoms with Crippen LogP contribution in [0, 0.1) is 12.7 Å². The number of likely N-dealkylation sites (N-methyl/N-ethyl adjacent to an activating group) is 1. The molecule has 0 bridgehead atoms. The van der Waals surface area contributed by atoms with Gasteiger partial charge in [0.25, 0.3) is 5.56 Å². The maximum absolute atomic E-state index is 15.6. The molecule has 3 heterocycles. The highest BCUT2D eigenvalue weighted by Crippen LogP contribution is 2.38. The summed E-state index contributed by atoms with van der Waals surface area (Å²) < 4.78 is 65.6. The van der Waals surface area contributed by atoms with Crippen molar-refractivity contribution in [2.24, 2.45) is 0 Å². The van der Waals surface area contributed by atoms with Gasteiger partial charge in [-0.2, -0.15) is 0 Å². The number of halogens is 3. The average molecular weight is 600 g/mol. The van der Waals surface area contributed by atoms with Crippen molar-refractivity contribution in [1.29, 1.82) is 0 Å². The molecule has 1 aliphatic rings. The first kappa shape index (κ1) is 31.4. The molecular formula is C32H36F3N3O3S. The van der Waals surface area contributed by atoms with Gasteiger partial charge in [-0.3, -0.25) is 18.6 Å². The number of rotatable bonds is 11. The molecule has 3 aromatic rings. The first-order valence-electron chi connectivity index (χ1n) is 13.9. The van der Waals surface area contributed by atoms with Crippen LogP contribution in [0.15, 0.2) is 75.7 Å². The van der Waals surface area contributed by atoms with Crippen molar-refractivity contribution >= 4 is 10.8 Å². The lowest BCUT2D eigenvalue weighted by molar-refractivity contribution is 0.285. The maximum Gasteiger partial charge on any atom is 0.260 e. The second-order valence-corrected chi connectivity index (χ2v) is 11.8. The monoisotopic (exact) mass is 599 g/mol. The summed E-state index contributed by atoms with van der Waals surface area (Å²) in [6, 6.07) is 9.72. The molecule has 0 N–H and O–H groups in total. The van der Waals surface area contributed by atoms with Crippen molar-refractivity contribution in [2.45, 2.75) is 51.1 Å². The van der Waals surface area contributed by atoms with E-state index < -0.39 is 39.9 Å². The highest BCUT2D eigenvalue weighted by Gasteiger charge is 2.36. The number of hydrogen-bond donors (Lipinski definition) is 0. The normalized spacial score (nSPS) is 17.4. The van der Waals surface area contributed by atoms with Crippen molar-refractivity contribution in [3.05, 3.63) is 98.9 Å². The third-order valence-electron chi connectivity index (χ3n) is 7.55. The minimum absolute atomic E-state index is 0.0143. The molecule has 4 rings (SSSR count). The fraction of sp³-hybridized carbons (Fsp3) is 0.375. The third kappa shape index (κ3) is 6.44. The lowest BCUT2D eigenvalue weighted by atomic mass is 9.93. The summed E-state index contributed by atoms with van der Waals surface area (Å²) in [5, 5.41) is 0.232. The Balaban J connectivity index is 1.87. The number of aromatic nitrogens is 2. The van der Waals surface area contributed by atoms with Crippen molar-refractivity contribution in [3.8, 4) is 16.9 Å². The van der Waals surface area contributed by atoms with Crippen LogP contribution in [0.1, 0.15) is 43.1 Å². The number of pyridine rings is 2. The van der Waals surface area contributed by atoms with Gasteiger partial charge >= 0.3 is 0 Å². The van der Waals surface area contributed by atoms with Crippen LogP contribution in [-0.4, -0.2) is 51.7 Å². The number of nitrogens with zero attached hydrogens (tertiary/aromatic N) is 3. The van der Waals surface area contributed by atoms with Gasteiger partial charge in [0.15, 0.2) is 11.6 Å². The summed E-state index contributed by atoms with van der Waals surface area (Å²) in [7, 11) is 1.62. The van der Waals surface area contributed by atoms with E-state index in [9.17, 15) is 13.4 Å². The highest BCUT2D eigenvalue weighted by molar-refractivity contribution is 7.85. The first-order valence-corrected chi connectivity index (χ1v) is 15.2. The molecule has 0 saturated carbocycles. The predicted octanol–water partition coefficient (Wildman–Crippen LogP) is 6.25. The molecule has 0 saturated heterocycles. The van der Waals surface area contributed by atoms with Gasteiger partial charge in [-0.1, -0.05) is 25.1 Å². The quantitative estimate of drug-likeness (QED) is 0.244. The van der Waals surface area contributed by atoms with Crippen molar-refractivity contribution in [2.75, 3.05) is 33.0 Å². The summed E-state index contributed by atoms with van der Waals surface area (Å²) in [5.41, 5.74) is 0.996. The van der Waals surface area contributed by atoms with Crippen molar-refractivity contribution in [3.63, 3.8) is 0 Å². The Morgan fingerprint density at radius 2 is 2.00 bits per heavy atom. The van der Waals surface area contributed by atoms with Gasteiger partial charge in [-0.25, -0.2) is 13.2 Å². The van der Waals surface area contributed by atoms with Crippen molar-refractivity contribution in [1.82, 2.24) is 14.5 Å². The van der Waals surface area contributed by atoms with E-state index >= 15 is 8.78 Å². The maximum atomic E-state index is 15.6. The number of allylic oxidation sites excluding steroid dienone is 4. The molecule has 1 aromatic carbocycles. The van der Waals surface area contributed by atoms with E-state index in [-0.39, 0.29) is 39.6 Å². The van der Waals surface area contributed by atoms with Gasteiger partial charge in [-0.15, -0.1) is 0 Å². The number of ether oxygens (including phenoxy) is 1. The number of methoxy groups -OCH3 is 1. The van der Waals surface area contributed by atoms with Crippen LogP contribution in [0.2, 0.25) is 0 Å². The van der Waals surface area contributed by atoms with Crippen LogP contribution in [0.25, 0.3) is 11.1 Å². The zero-order valence-electron chi connectivity index (χ0n) is 24.5. The van der Waals surface area contributed by atoms with Crippen LogP contribution in [0.5, 0.6) is 5.75 Å². The van der Waals surface area contributed by atoms with Gasteiger partial charge in [0.05, 0.1) is 35.3 Å². The van der Waals surface area contributed by atoms with Crippen LogP contribution in [0.4, 0.5) is 13.2 Å². The van der Waals surface area contributed by atoms with Crippen LogP contribution < -0.4 is 10.3 Å². The molecule has 0 spiro atoms. The molecule has 0 amide bonds. The van der Waals surface area contributed by atoms with Gasteiger partial charge < -0.3 is 9.64 Å². The Morgan fingerprint density at radius 1 is 1.24 bits per heavy atom. The predicted molar refractivity (Wildman–Crippen MR) is 160 cm³/mol. The molecule has 42 heavy (non-hydrogen) atoms. The Labute approximate surface area is 247 Å². The van der Waals surface area contributed by atoms with E-state index in [0.717, 1.165) is 5.69 Å². The van der Waals surface area contributed by atoms with Gasteiger partial charge in [0.1, 0.15) is 16.7 Å². The molecular weight excluding hydrogens is 563 g/mol. The van der Waals surface area contributed by atoms with E-state index in [2.05, 4.69) is 4.98 Å². The molecule has 224 valence electrons. The van der Waals surface area contributed by atoms with Gasteiger partial charge in [0.2, 0.25) is 0 Å². The smallest absolute Gasteiger partial charge is 0.260 e. The fourth-order valence-electron chi connectivity index (χ4n) is 5.41. The zero-order chi connectivity index (χ0) is 30.6. The third-order valence-corrected chi connectivity index (χ3v) is 9.12. The fourth-order valence-corrected chi connectivity index (χ4v) is 7.12. The highest BCUT2D eigenvalue weighted by atomic mass is 32.2. The van der Waals surface area contributed by atoms with E-state index in [4.69, 9.17) is 4.74 Å². The largest absolute Gasteiger partial charge is 0.494 e. The van der Waals surface area contributed by atoms with E-state index in [1.54, 1.807) is 26.1 Å². The van der Waals surface area contributed by atoms with E-state index in [1.165, 1.54) is 36.8 Å². The molecule has 6 nitrogen and oxygen atoms in total. The molecule has 2 unspecified atom stereocenters. The van der Waals surface area contributed by atoms with Crippen LogP contribution >= 0.6 is 0 Å². The Hall–Kier alpha value is -3.50. The summed E-state index contributed by atoms with van der Waals surface area (Å²) >= 11 is 0. The Bertz CT molecular complexity index is 1600. The van der Waals surface area contributed by atoms with Gasteiger partial charge in [-0.05, 0) is 62.7 Å². The minimum Gasteiger partial charge on any atom is -0.494 e. The van der Waals surface area contributed by atoms with Crippen molar-refractivity contribution < 1.29 is 22.1 Å². The second-order valence-electron chi connectivity index (χ2n) is 10.4. The first-order chi connectivity index (χ1) is 20.1. The second kappa shape index (κ2) is 13.6.